The molecule has 3 rings (SSSR count). The fraction of sp³-hybridized carbons (Fsp3) is 0.571. The minimum Gasteiger partial charge on any atom is -0.370 e. The van der Waals surface area contributed by atoms with Gasteiger partial charge in [-0.3, -0.25) is 0 Å². The van der Waals surface area contributed by atoms with Crippen molar-refractivity contribution < 1.29 is 0 Å². The Labute approximate surface area is 97.4 Å². The van der Waals surface area contributed by atoms with Gasteiger partial charge in [-0.2, -0.15) is 0 Å². The first-order chi connectivity index (χ1) is 7.88. The molecule has 2 aliphatic rings. The number of para-hydroxylation sites is 1. The van der Waals surface area contributed by atoms with Crippen LogP contribution in [0, 0.1) is 5.92 Å². The summed E-state index contributed by atoms with van der Waals surface area (Å²) in [6.07, 6.45) is 5.49. The first-order valence-corrected chi connectivity index (χ1v) is 6.44. The lowest BCUT2D eigenvalue weighted by atomic mass is 9.85. The second kappa shape index (κ2) is 4.10. The van der Waals surface area contributed by atoms with E-state index in [1.807, 2.05) is 0 Å². The Morgan fingerprint density at radius 3 is 2.88 bits per heavy atom. The van der Waals surface area contributed by atoms with Crippen LogP contribution in [-0.2, 0) is 13.0 Å². The standard InChI is InChI=1S/C14H20N2/c15-9-13-6-2-5-12-7-8-16(14(12)13)10-11-3-1-4-11/h2,5-6,11H,1,3-4,7-10,15H2. The highest BCUT2D eigenvalue weighted by Crippen LogP contribution is 2.35. The Morgan fingerprint density at radius 1 is 1.31 bits per heavy atom. The lowest BCUT2D eigenvalue weighted by Crippen LogP contribution is -2.31. The third kappa shape index (κ3) is 1.61. The van der Waals surface area contributed by atoms with E-state index < -0.39 is 0 Å². The van der Waals surface area contributed by atoms with Crippen molar-refractivity contribution in [3.8, 4) is 0 Å². The predicted molar refractivity (Wildman–Crippen MR) is 67.6 cm³/mol. The van der Waals surface area contributed by atoms with Crippen molar-refractivity contribution in [3.63, 3.8) is 0 Å². The molecule has 16 heavy (non-hydrogen) atoms. The summed E-state index contributed by atoms with van der Waals surface area (Å²) in [6, 6.07) is 6.58. The largest absolute Gasteiger partial charge is 0.370 e. The van der Waals surface area contributed by atoms with Crippen LogP contribution in [0.25, 0.3) is 0 Å². The molecule has 1 aliphatic heterocycles. The first-order valence-electron chi connectivity index (χ1n) is 6.44. The minimum absolute atomic E-state index is 0.671. The molecular weight excluding hydrogens is 196 g/mol. The maximum absolute atomic E-state index is 5.84. The van der Waals surface area contributed by atoms with Gasteiger partial charge >= 0.3 is 0 Å². The van der Waals surface area contributed by atoms with Gasteiger partial charge in [-0.1, -0.05) is 24.6 Å². The number of hydrogen-bond donors (Lipinski definition) is 1. The van der Waals surface area contributed by atoms with Crippen molar-refractivity contribution in [3.05, 3.63) is 29.3 Å². The van der Waals surface area contributed by atoms with Crippen LogP contribution < -0.4 is 10.6 Å². The molecule has 0 aromatic heterocycles. The molecule has 1 fully saturated rings. The molecule has 0 saturated heterocycles. The summed E-state index contributed by atoms with van der Waals surface area (Å²) in [6.45, 7) is 3.12. The Kier molecular flexibility index (Phi) is 2.60. The summed E-state index contributed by atoms with van der Waals surface area (Å²) in [7, 11) is 0. The van der Waals surface area contributed by atoms with Crippen LogP contribution in [0.5, 0.6) is 0 Å². The summed E-state index contributed by atoms with van der Waals surface area (Å²) in [4.78, 5) is 2.57. The van der Waals surface area contributed by atoms with E-state index in [-0.39, 0.29) is 0 Å². The van der Waals surface area contributed by atoms with Crippen LogP contribution >= 0.6 is 0 Å². The fourth-order valence-corrected chi connectivity index (χ4v) is 2.95. The second-order valence-electron chi connectivity index (χ2n) is 5.12. The van der Waals surface area contributed by atoms with Crippen molar-refractivity contribution in [1.82, 2.24) is 0 Å². The minimum atomic E-state index is 0.671. The molecule has 1 aromatic carbocycles. The highest BCUT2D eigenvalue weighted by molar-refractivity contribution is 5.63. The summed E-state index contributed by atoms with van der Waals surface area (Å²) in [5, 5.41) is 0. The van der Waals surface area contributed by atoms with E-state index in [4.69, 9.17) is 5.73 Å². The van der Waals surface area contributed by atoms with Crippen molar-refractivity contribution in [2.75, 3.05) is 18.0 Å². The van der Waals surface area contributed by atoms with Crippen LogP contribution in [0.15, 0.2) is 18.2 Å². The highest BCUT2D eigenvalue weighted by atomic mass is 15.2. The van der Waals surface area contributed by atoms with E-state index >= 15 is 0 Å². The molecule has 0 spiro atoms. The SMILES string of the molecule is NCc1cccc2c1N(CC1CCC1)CC2. The molecule has 0 amide bonds. The summed E-state index contributed by atoms with van der Waals surface area (Å²) >= 11 is 0. The number of nitrogens with zero attached hydrogens (tertiary/aromatic N) is 1. The van der Waals surface area contributed by atoms with Crippen LogP contribution in [-0.4, -0.2) is 13.1 Å². The molecule has 86 valence electrons. The number of rotatable bonds is 3. The van der Waals surface area contributed by atoms with Gasteiger partial charge in [0, 0.05) is 25.3 Å². The quantitative estimate of drug-likeness (QED) is 0.840. The third-order valence-electron chi connectivity index (χ3n) is 4.09. The smallest absolute Gasteiger partial charge is 0.0445 e. The van der Waals surface area contributed by atoms with E-state index in [1.165, 1.54) is 55.6 Å². The average molecular weight is 216 g/mol. The molecule has 0 atom stereocenters. The molecule has 2 N–H and O–H groups in total. The second-order valence-corrected chi connectivity index (χ2v) is 5.12. The zero-order valence-electron chi connectivity index (χ0n) is 9.78. The molecular formula is C14H20N2. The van der Waals surface area contributed by atoms with Crippen LogP contribution in [0.4, 0.5) is 5.69 Å². The van der Waals surface area contributed by atoms with E-state index in [1.54, 1.807) is 0 Å². The highest BCUT2D eigenvalue weighted by Gasteiger charge is 2.26. The van der Waals surface area contributed by atoms with Gasteiger partial charge in [0.2, 0.25) is 0 Å². The van der Waals surface area contributed by atoms with Gasteiger partial charge in [-0.25, -0.2) is 0 Å². The van der Waals surface area contributed by atoms with Gasteiger partial charge in [0.25, 0.3) is 0 Å². The summed E-state index contributed by atoms with van der Waals surface area (Å²) < 4.78 is 0. The van der Waals surface area contributed by atoms with Gasteiger partial charge in [-0.15, -0.1) is 0 Å². The van der Waals surface area contributed by atoms with E-state index in [2.05, 4.69) is 23.1 Å². The zero-order valence-corrected chi connectivity index (χ0v) is 9.78. The van der Waals surface area contributed by atoms with Crippen LogP contribution in [0.3, 0.4) is 0 Å². The number of fused-ring (bicyclic) bond motifs is 1. The Hall–Kier alpha value is -1.02. The van der Waals surface area contributed by atoms with Crippen molar-refractivity contribution in [2.45, 2.75) is 32.2 Å². The summed E-state index contributed by atoms with van der Waals surface area (Å²) in [5.41, 5.74) is 10.1. The van der Waals surface area contributed by atoms with E-state index in [9.17, 15) is 0 Å². The van der Waals surface area contributed by atoms with E-state index in [0.717, 1.165) is 5.92 Å². The maximum atomic E-state index is 5.84. The van der Waals surface area contributed by atoms with Crippen molar-refractivity contribution in [2.24, 2.45) is 11.7 Å². The van der Waals surface area contributed by atoms with Crippen LogP contribution in [0.2, 0.25) is 0 Å². The van der Waals surface area contributed by atoms with Crippen molar-refractivity contribution >= 4 is 5.69 Å². The fourth-order valence-electron chi connectivity index (χ4n) is 2.95. The van der Waals surface area contributed by atoms with Gasteiger partial charge in [0.05, 0.1) is 0 Å². The lowest BCUT2D eigenvalue weighted by molar-refractivity contribution is 0.319. The normalized spacial score (nSPS) is 19.7. The zero-order chi connectivity index (χ0) is 11.0. The number of benzene rings is 1. The molecule has 1 heterocycles. The molecule has 1 saturated carbocycles. The molecule has 1 aliphatic carbocycles. The Bertz CT molecular complexity index is 382. The molecule has 0 bridgehead atoms. The molecule has 0 unspecified atom stereocenters. The molecule has 0 radical (unpaired) electrons. The maximum Gasteiger partial charge on any atom is 0.0445 e. The summed E-state index contributed by atoms with van der Waals surface area (Å²) in [5.74, 6) is 0.941. The third-order valence-corrected chi connectivity index (χ3v) is 4.09. The van der Waals surface area contributed by atoms with Gasteiger partial charge < -0.3 is 10.6 Å². The van der Waals surface area contributed by atoms with Gasteiger partial charge in [0.15, 0.2) is 0 Å². The Morgan fingerprint density at radius 2 is 2.19 bits per heavy atom. The van der Waals surface area contributed by atoms with Crippen LogP contribution in [0.1, 0.15) is 30.4 Å². The van der Waals surface area contributed by atoms with E-state index in [0.29, 0.717) is 6.54 Å². The Balaban J connectivity index is 1.84. The number of hydrogen-bond acceptors (Lipinski definition) is 2. The monoisotopic (exact) mass is 216 g/mol. The molecule has 2 nitrogen and oxygen atoms in total. The van der Waals surface area contributed by atoms with Gasteiger partial charge in [-0.05, 0) is 36.3 Å². The average Bonchev–Trinajstić information content (AvgIpc) is 2.66. The number of anilines is 1. The number of nitrogens with two attached hydrogens (primary N) is 1. The predicted octanol–water partition coefficient (Wildman–Crippen LogP) is 2.31. The topological polar surface area (TPSA) is 29.3 Å². The van der Waals surface area contributed by atoms with Crippen molar-refractivity contribution in [1.29, 1.82) is 0 Å². The molecule has 1 aromatic rings. The first kappa shape index (κ1) is 10.2. The lowest BCUT2D eigenvalue weighted by Gasteiger charge is -2.32. The molecule has 2 heteroatoms. The van der Waals surface area contributed by atoms with Gasteiger partial charge in [0.1, 0.15) is 0 Å².